The lowest BCUT2D eigenvalue weighted by molar-refractivity contribution is 0.0957. The van der Waals surface area contributed by atoms with E-state index < -0.39 is 10.0 Å². The number of hydrogen-bond donors (Lipinski definition) is 1. The van der Waals surface area contributed by atoms with Gasteiger partial charge >= 0.3 is 0 Å². The Morgan fingerprint density at radius 3 is 2.90 bits per heavy atom. The van der Waals surface area contributed by atoms with Crippen molar-refractivity contribution in [1.29, 1.82) is 0 Å². The van der Waals surface area contributed by atoms with Crippen LogP contribution in [0.3, 0.4) is 0 Å². The van der Waals surface area contributed by atoms with Crippen molar-refractivity contribution in [2.24, 2.45) is 0 Å². The Morgan fingerprint density at radius 1 is 1.20 bits per heavy atom. The van der Waals surface area contributed by atoms with Gasteiger partial charge in [0.05, 0.1) is 11.5 Å². The predicted molar refractivity (Wildman–Crippen MR) is 115 cm³/mol. The number of sulfonamides is 1. The molecule has 0 amide bonds. The van der Waals surface area contributed by atoms with Crippen LogP contribution in [-0.4, -0.2) is 35.8 Å². The number of anilines is 1. The maximum absolute atomic E-state index is 12.7. The molecule has 0 fully saturated rings. The van der Waals surface area contributed by atoms with Crippen LogP contribution in [0.2, 0.25) is 0 Å². The highest BCUT2D eigenvalue weighted by Gasteiger charge is 2.34. The minimum absolute atomic E-state index is 0.161. The van der Waals surface area contributed by atoms with Crippen molar-refractivity contribution in [2.75, 3.05) is 17.9 Å². The minimum atomic E-state index is -3.75. The summed E-state index contributed by atoms with van der Waals surface area (Å²) >= 11 is 0.998. The van der Waals surface area contributed by atoms with Gasteiger partial charge in [0.15, 0.2) is 0 Å². The third-order valence-electron chi connectivity index (χ3n) is 5.93. The Kier molecular flexibility index (Phi) is 4.96. The molecule has 2 aromatic carbocycles. The van der Waals surface area contributed by atoms with Gasteiger partial charge in [-0.2, -0.15) is 4.37 Å². The topological polar surface area (TPSA) is 84.4 Å². The Hall–Kier alpha value is -2.49. The van der Waals surface area contributed by atoms with Crippen LogP contribution in [0.4, 0.5) is 5.13 Å². The minimum Gasteiger partial charge on any atom is -0.493 e. The third kappa shape index (κ3) is 3.46. The van der Waals surface area contributed by atoms with E-state index in [0.717, 1.165) is 36.5 Å². The summed E-state index contributed by atoms with van der Waals surface area (Å²) < 4.78 is 37.6. The first-order valence-electron chi connectivity index (χ1n) is 9.93. The Bertz CT molecular complexity index is 1160. The van der Waals surface area contributed by atoms with Gasteiger partial charge in [-0.15, -0.1) is 0 Å². The van der Waals surface area contributed by atoms with Crippen LogP contribution in [0, 0.1) is 0 Å². The fourth-order valence-electron chi connectivity index (χ4n) is 4.47. The molecule has 5 rings (SSSR count). The standard InChI is InChI=1S/C21H22N4O3S2/c1-14-17-5-3-2-4-15(17)8-10-25(14)19-9-11-28-20-12-16(6-7-18(19)20)30(26,27)24-21-22-13-23-29-21/h2-7,12-14,19H,8-11H2,1H3,(H,22,23,24)/t14-,19-/m1/s1. The summed E-state index contributed by atoms with van der Waals surface area (Å²) in [6.07, 6.45) is 3.22. The zero-order chi connectivity index (χ0) is 20.7. The van der Waals surface area contributed by atoms with Crippen molar-refractivity contribution in [1.82, 2.24) is 14.3 Å². The van der Waals surface area contributed by atoms with Gasteiger partial charge in [0.2, 0.25) is 5.13 Å². The van der Waals surface area contributed by atoms with Crippen LogP contribution in [0.25, 0.3) is 0 Å². The molecule has 0 bridgehead atoms. The maximum atomic E-state index is 12.7. The molecule has 2 atom stereocenters. The molecule has 3 heterocycles. The van der Waals surface area contributed by atoms with Gasteiger partial charge < -0.3 is 4.74 Å². The Morgan fingerprint density at radius 2 is 2.07 bits per heavy atom. The number of aromatic nitrogens is 2. The van der Waals surface area contributed by atoms with E-state index >= 15 is 0 Å². The van der Waals surface area contributed by atoms with Crippen LogP contribution in [0.15, 0.2) is 53.7 Å². The van der Waals surface area contributed by atoms with E-state index in [-0.39, 0.29) is 16.1 Å². The van der Waals surface area contributed by atoms with Gasteiger partial charge in [0.25, 0.3) is 10.0 Å². The average Bonchev–Trinajstić information content (AvgIpc) is 3.26. The summed E-state index contributed by atoms with van der Waals surface area (Å²) in [7, 11) is -3.75. The van der Waals surface area contributed by atoms with Gasteiger partial charge in [-0.05, 0) is 30.5 Å². The summed E-state index contributed by atoms with van der Waals surface area (Å²) in [6, 6.07) is 14.3. The summed E-state index contributed by atoms with van der Waals surface area (Å²) in [4.78, 5) is 6.57. The van der Waals surface area contributed by atoms with Crippen molar-refractivity contribution in [3.63, 3.8) is 0 Å². The highest BCUT2D eigenvalue weighted by molar-refractivity contribution is 7.93. The lowest BCUT2D eigenvalue weighted by Gasteiger charge is -2.43. The van der Waals surface area contributed by atoms with E-state index in [4.69, 9.17) is 4.74 Å². The number of benzene rings is 2. The van der Waals surface area contributed by atoms with Crippen molar-refractivity contribution in [2.45, 2.75) is 36.7 Å². The van der Waals surface area contributed by atoms with Crippen LogP contribution in [-0.2, 0) is 16.4 Å². The fourth-order valence-corrected chi connectivity index (χ4v) is 6.15. The molecule has 0 saturated heterocycles. The third-order valence-corrected chi connectivity index (χ3v) is 7.97. The highest BCUT2D eigenvalue weighted by atomic mass is 32.2. The van der Waals surface area contributed by atoms with Gasteiger partial charge in [-0.1, -0.05) is 30.3 Å². The first-order valence-corrected chi connectivity index (χ1v) is 12.2. The predicted octanol–water partition coefficient (Wildman–Crippen LogP) is 3.78. The van der Waals surface area contributed by atoms with Gasteiger partial charge in [0, 0.05) is 48.2 Å². The van der Waals surface area contributed by atoms with Crippen molar-refractivity contribution < 1.29 is 13.2 Å². The summed E-state index contributed by atoms with van der Waals surface area (Å²) in [5, 5.41) is 0.243. The molecular formula is C21H22N4O3S2. The highest BCUT2D eigenvalue weighted by Crippen LogP contribution is 2.43. The first kappa shape index (κ1) is 19.5. The van der Waals surface area contributed by atoms with Crippen LogP contribution in [0.5, 0.6) is 5.75 Å². The SMILES string of the molecule is C[C@@H]1c2ccccc2CCN1[C@@H]1CCOc2cc(S(=O)(=O)Nc3ncns3)ccc21. The lowest BCUT2D eigenvalue weighted by Crippen LogP contribution is -2.39. The van der Waals surface area contributed by atoms with E-state index in [1.807, 2.05) is 6.07 Å². The Labute approximate surface area is 179 Å². The summed E-state index contributed by atoms with van der Waals surface area (Å²) in [5.74, 6) is 0.637. The summed E-state index contributed by atoms with van der Waals surface area (Å²) in [5.41, 5.74) is 3.83. The van der Waals surface area contributed by atoms with Crippen molar-refractivity contribution >= 4 is 26.7 Å². The number of nitrogens with one attached hydrogen (secondary N) is 1. The monoisotopic (exact) mass is 442 g/mol. The van der Waals surface area contributed by atoms with Crippen LogP contribution >= 0.6 is 11.5 Å². The fraction of sp³-hybridized carbons (Fsp3) is 0.333. The quantitative estimate of drug-likeness (QED) is 0.662. The second kappa shape index (κ2) is 7.64. The zero-order valence-electron chi connectivity index (χ0n) is 16.5. The number of nitrogens with zero attached hydrogens (tertiary/aromatic N) is 3. The number of rotatable bonds is 4. The molecule has 0 saturated carbocycles. The van der Waals surface area contributed by atoms with E-state index in [9.17, 15) is 8.42 Å². The molecular weight excluding hydrogens is 420 g/mol. The summed E-state index contributed by atoms with van der Waals surface area (Å²) in [6.45, 7) is 3.79. The van der Waals surface area contributed by atoms with Crippen LogP contribution in [0.1, 0.15) is 42.1 Å². The van der Waals surface area contributed by atoms with E-state index in [1.165, 1.54) is 17.5 Å². The van der Waals surface area contributed by atoms with E-state index in [1.54, 1.807) is 12.1 Å². The molecule has 2 aliphatic rings. The lowest BCUT2D eigenvalue weighted by atomic mass is 9.89. The second-order valence-electron chi connectivity index (χ2n) is 7.57. The number of hydrogen-bond acceptors (Lipinski definition) is 7. The molecule has 9 heteroatoms. The normalized spacial score (nSPS) is 21.4. The molecule has 1 N–H and O–H groups in total. The van der Waals surface area contributed by atoms with Crippen LogP contribution < -0.4 is 9.46 Å². The average molecular weight is 443 g/mol. The molecule has 0 aliphatic carbocycles. The molecule has 30 heavy (non-hydrogen) atoms. The van der Waals surface area contributed by atoms with E-state index in [0.29, 0.717) is 18.4 Å². The molecule has 3 aromatic rings. The van der Waals surface area contributed by atoms with Gasteiger partial charge in [-0.25, -0.2) is 13.4 Å². The van der Waals surface area contributed by atoms with E-state index in [2.05, 4.69) is 50.2 Å². The van der Waals surface area contributed by atoms with Crippen molar-refractivity contribution in [3.05, 3.63) is 65.5 Å². The number of ether oxygens (including phenoxy) is 1. The zero-order valence-corrected chi connectivity index (χ0v) is 18.1. The van der Waals surface area contributed by atoms with Crippen molar-refractivity contribution in [3.8, 4) is 5.75 Å². The largest absolute Gasteiger partial charge is 0.493 e. The Balaban J connectivity index is 1.44. The maximum Gasteiger partial charge on any atom is 0.263 e. The molecule has 0 unspecified atom stereocenters. The molecule has 0 radical (unpaired) electrons. The molecule has 0 spiro atoms. The first-order chi connectivity index (χ1) is 14.5. The van der Waals surface area contributed by atoms with Gasteiger partial charge in [-0.3, -0.25) is 9.62 Å². The molecule has 156 valence electrons. The molecule has 1 aromatic heterocycles. The molecule has 2 aliphatic heterocycles. The molecule has 7 nitrogen and oxygen atoms in total. The second-order valence-corrected chi connectivity index (χ2v) is 10.0. The van der Waals surface area contributed by atoms with Gasteiger partial charge in [0.1, 0.15) is 12.1 Å². The smallest absolute Gasteiger partial charge is 0.263 e. The number of fused-ring (bicyclic) bond motifs is 2.